The second kappa shape index (κ2) is 4.67. The highest BCUT2D eigenvalue weighted by molar-refractivity contribution is 5.88. The van der Waals surface area contributed by atoms with Gasteiger partial charge < -0.3 is 19.8 Å². The number of methoxy groups -OCH3 is 2. The monoisotopic (exact) mass is 234 g/mol. The highest BCUT2D eigenvalue weighted by Crippen LogP contribution is 2.34. The number of rotatable bonds is 4. The maximum absolute atomic E-state index is 5.33. The summed E-state index contributed by atoms with van der Waals surface area (Å²) in [5.41, 5.74) is 3.51. The van der Waals surface area contributed by atoms with Crippen molar-refractivity contribution in [3.05, 3.63) is 23.4 Å². The summed E-state index contributed by atoms with van der Waals surface area (Å²) in [5.74, 6) is 1.51. The lowest BCUT2D eigenvalue weighted by Gasteiger charge is -2.08. The van der Waals surface area contributed by atoms with Crippen LogP contribution in [0.15, 0.2) is 12.1 Å². The maximum atomic E-state index is 5.33. The van der Waals surface area contributed by atoms with E-state index in [9.17, 15) is 0 Å². The standard InChI is InChI=1S/C13H18N2O2/c1-8-10(7-14-2)9-5-12(16-3)13(17-4)6-11(9)15-8/h5-6,14-15H,7H2,1-4H3. The van der Waals surface area contributed by atoms with Crippen LogP contribution in [-0.2, 0) is 6.54 Å². The maximum Gasteiger partial charge on any atom is 0.162 e. The van der Waals surface area contributed by atoms with Crippen LogP contribution < -0.4 is 14.8 Å². The number of aromatic amines is 1. The second-order valence-corrected chi connectivity index (χ2v) is 4.01. The van der Waals surface area contributed by atoms with Crippen molar-refractivity contribution in [3.63, 3.8) is 0 Å². The second-order valence-electron chi connectivity index (χ2n) is 4.01. The molecule has 0 aliphatic carbocycles. The van der Waals surface area contributed by atoms with Crippen molar-refractivity contribution >= 4 is 10.9 Å². The molecule has 0 spiro atoms. The average Bonchev–Trinajstić information content (AvgIpc) is 2.64. The SMILES string of the molecule is CNCc1c(C)[nH]c2cc(OC)c(OC)cc12. The molecule has 0 amide bonds. The topological polar surface area (TPSA) is 46.3 Å². The molecular formula is C13H18N2O2. The van der Waals surface area contributed by atoms with E-state index in [2.05, 4.69) is 17.2 Å². The van der Waals surface area contributed by atoms with Gasteiger partial charge in [0, 0.05) is 29.2 Å². The number of nitrogens with one attached hydrogen (secondary N) is 2. The fourth-order valence-corrected chi connectivity index (χ4v) is 2.12. The first-order chi connectivity index (χ1) is 8.21. The summed E-state index contributed by atoms with van der Waals surface area (Å²) in [6.45, 7) is 2.91. The van der Waals surface area contributed by atoms with Gasteiger partial charge in [-0.25, -0.2) is 0 Å². The molecule has 0 bridgehead atoms. The molecule has 0 fully saturated rings. The minimum Gasteiger partial charge on any atom is -0.493 e. The number of fused-ring (bicyclic) bond motifs is 1. The van der Waals surface area contributed by atoms with Gasteiger partial charge in [-0.05, 0) is 25.6 Å². The van der Waals surface area contributed by atoms with E-state index in [1.54, 1.807) is 14.2 Å². The Morgan fingerprint density at radius 2 is 1.82 bits per heavy atom. The number of H-pyrrole nitrogens is 1. The highest BCUT2D eigenvalue weighted by Gasteiger charge is 2.12. The van der Waals surface area contributed by atoms with Crippen LogP contribution in [0, 0.1) is 6.92 Å². The van der Waals surface area contributed by atoms with Crippen LogP contribution in [0.2, 0.25) is 0 Å². The van der Waals surface area contributed by atoms with Crippen LogP contribution >= 0.6 is 0 Å². The van der Waals surface area contributed by atoms with E-state index in [0.29, 0.717) is 0 Å². The Labute approximate surface area is 101 Å². The van der Waals surface area contributed by atoms with Crippen LogP contribution in [0.5, 0.6) is 11.5 Å². The molecule has 0 aliphatic rings. The molecule has 1 aromatic heterocycles. The van der Waals surface area contributed by atoms with Crippen LogP contribution in [0.4, 0.5) is 0 Å². The molecule has 17 heavy (non-hydrogen) atoms. The molecule has 2 N–H and O–H groups in total. The fourth-order valence-electron chi connectivity index (χ4n) is 2.12. The lowest BCUT2D eigenvalue weighted by molar-refractivity contribution is 0.356. The van der Waals surface area contributed by atoms with E-state index in [1.807, 2.05) is 19.2 Å². The van der Waals surface area contributed by atoms with E-state index in [1.165, 1.54) is 16.6 Å². The Kier molecular flexibility index (Phi) is 3.24. The minimum atomic E-state index is 0.747. The third-order valence-electron chi connectivity index (χ3n) is 2.98. The number of benzene rings is 1. The Morgan fingerprint density at radius 1 is 1.18 bits per heavy atom. The lowest BCUT2D eigenvalue weighted by Crippen LogP contribution is -2.05. The normalized spacial score (nSPS) is 10.8. The first kappa shape index (κ1) is 11.8. The molecule has 2 rings (SSSR count). The predicted molar refractivity (Wildman–Crippen MR) is 68.9 cm³/mol. The summed E-state index contributed by atoms with van der Waals surface area (Å²) < 4.78 is 10.6. The molecular weight excluding hydrogens is 216 g/mol. The van der Waals surface area contributed by atoms with Crippen molar-refractivity contribution in [1.82, 2.24) is 10.3 Å². The molecule has 0 aliphatic heterocycles. The van der Waals surface area contributed by atoms with Gasteiger partial charge in [-0.15, -0.1) is 0 Å². The quantitative estimate of drug-likeness (QED) is 0.852. The number of aryl methyl sites for hydroxylation is 1. The van der Waals surface area contributed by atoms with Gasteiger partial charge in [-0.1, -0.05) is 0 Å². The molecule has 4 nitrogen and oxygen atoms in total. The first-order valence-electron chi connectivity index (χ1n) is 5.59. The van der Waals surface area contributed by atoms with Gasteiger partial charge in [0.25, 0.3) is 0 Å². The van der Waals surface area contributed by atoms with Gasteiger partial charge >= 0.3 is 0 Å². The Morgan fingerprint density at radius 3 is 2.41 bits per heavy atom. The molecule has 0 saturated heterocycles. The van der Waals surface area contributed by atoms with E-state index >= 15 is 0 Å². The Bertz CT molecular complexity index is 532. The summed E-state index contributed by atoms with van der Waals surface area (Å²) in [7, 11) is 5.24. The summed E-state index contributed by atoms with van der Waals surface area (Å²) in [6, 6.07) is 3.99. The third-order valence-corrected chi connectivity index (χ3v) is 2.98. The smallest absolute Gasteiger partial charge is 0.162 e. The van der Waals surface area contributed by atoms with Crippen molar-refractivity contribution in [2.75, 3.05) is 21.3 Å². The summed E-state index contributed by atoms with van der Waals surface area (Å²) in [6.07, 6.45) is 0. The molecule has 92 valence electrons. The Balaban J connectivity index is 2.65. The summed E-state index contributed by atoms with van der Waals surface area (Å²) >= 11 is 0. The number of hydrogen-bond donors (Lipinski definition) is 2. The zero-order valence-electron chi connectivity index (χ0n) is 10.7. The van der Waals surface area contributed by atoms with Crippen molar-refractivity contribution in [2.45, 2.75) is 13.5 Å². The fraction of sp³-hybridized carbons (Fsp3) is 0.385. The highest BCUT2D eigenvalue weighted by atomic mass is 16.5. The molecule has 0 atom stereocenters. The minimum absolute atomic E-state index is 0.747. The molecule has 4 heteroatoms. The van der Waals surface area contributed by atoms with E-state index in [0.717, 1.165) is 23.6 Å². The van der Waals surface area contributed by atoms with Crippen molar-refractivity contribution < 1.29 is 9.47 Å². The van der Waals surface area contributed by atoms with Gasteiger partial charge in [0.15, 0.2) is 11.5 Å². The Hall–Kier alpha value is -1.68. The molecule has 1 heterocycles. The average molecular weight is 234 g/mol. The number of aromatic nitrogens is 1. The van der Waals surface area contributed by atoms with Crippen molar-refractivity contribution in [2.24, 2.45) is 0 Å². The van der Waals surface area contributed by atoms with Gasteiger partial charge in [0.1, 0.15) is 0 Å². The van der Waals surface area contributed by atoms with Gasteiger partial charge in [-0.3, -0.25) is 0 Å². The zero-order valence-corrected chi connectivity index (χ0v) is 10.7. The zero-order chi connectivity index (χ0) is 12.4. The molecule has 1 aromatic carbocycles. The molecule has 2 aromatic rings. The molecule has 0 saturated carbocycles. The van der Waals surface area contributed by atoms with E-state index < -0.39 is 0 Å². The van der Waals surface area contributed by atoms with Crippen LogP contribution in [0.25, 0.3) is 10.9 Å². The lowest BCUT2D eigenvalue weighted by atomic mass is 10.1. The first-order valence-corrected chi connectivity index (χ1v) is 5.59. The van der Waals surface area contributed by atoms with Gasteiger partial charge in [0.2, 0.25) is 0 Å². The van der Waals surface area contributed by atoms with Crippen LogP contribution in [0.3, 0.4) is 0 Å². The molecule has 0 unspecified atom stereocenters. The summed E-state index contributed by atoms with van der Waals surface area (Å²) in [5, 5.41) is 4.35. The largest absolute Gasteiger partial charge is 0.493 e. The molecule has 0 radical (unpaired) electrons. The van der Waals surface area contributed by atoms with Gasteiger partial charge in [-0.2, -0.15) is 0 Å². The van der Waals surface area contributed by atoms with Crippen molar-refractivity contribution in [1.29, 1.82) is 0 Å². The number of hydrogen-bond acceptors (Lipinski definition) is 3. The van der Waals surface area contributed by atoms with E-state index in [4.69, 9.17) is 9.47 Å². The van der Waals surface area contributed by atoms with Gasteiger partial charge in [0.05, 0.1) is 14.2 Å². The third kappa shape index (κ3) is 1.96. The van der Waals surface area contributed by atoms with Crippen LogP contribution in [0.1, 0.15) is 11.3 Å². The van der Waals surface area contributed by atoms with Crippen LogP contribution in [-0.4, -0.2) is 26.3 Å². The van der Waals surface area contributed by atoms with Crippen molar-refractivity contribution in [3.8, 4) is 11.5 Å². The predicted octanol–water partition coefficient (Wildman–Crippen LogP) is 2.21. The number of ether oxygens (including phenoxy) is 2. The summed E-state index contributed by atoms with van der Waals surface area (Å²) in [4.78, 5) is 3.36. The van der Waals surface area contributed by atoms with E-state index in [-0.39, 0.29) is 0 Å².